The number of nitrogens with one attached hydrogen (secondary N) is 1. The maximum Gasteiger partial charge on any atom is 0.227 e. The molecule has 1 atom stereocenters. The van der Waals surface area contributed by atoms with Crippen LogP contribution in [0.4, 0.5) is 5.82 Å². The zero-order chi connectivity index (χ0) is 14.8. The molecule has 0 aliphatic carbocycles. The second kappa shape index (κ2) is 5.95. The van der Waals surface area contributed by atoms with Crippen molar-refractivity contribution in [2.75, 3.05) is 25.0 Å². The molecule has 6 heteroatoms. The normalized spacial score (nSPS) is 22.1. The summed E-state index contributed by atoms with van der Waals surface area (Å²) >= 11 is 6.19. The van der Waals surface area contributed by atoms with Gasteiger partial charge >= 0.3 is 0 Å². The van der Waals surface area contributed by atoms with Crippen molar-refractivity contribution in [3.63, 3.8) is 0 Å². The summed E-state index contributed by atoms with van der Waals surface area (Å²) in [5, 5.41) is 3.27. The van der Waals surface area contributed by atoms with Gasteiger partial charge in [0.1, 0.15) is 17.3 Å². The molecule has 0 aromatic carbocycles. The third-order valence-electron chi connectivity index (χ3n) is 3.92. The molecule has 1 aromatic rings. The number of halogens is 1. The quantitative estimate of drug-likeness (QED) is 0.864. The largest absolute Gasteiger partial charge is 0.359 e. The molecule has 0 radical (unpaired) electrons. The topological polar surface area (TPSA) is 58.1 Å². The molecular weight excluding hydrogens is 276 g/mol. The number of hydrogen-bond acceptors (Lipinski definition) is 4. The van der Waals surface area contributed by atoms with Crippen molar-refractivity contribution < 1.29 is 4.79 Å². The first-order valence-electron chi connectivity index (χ1n) is 6.98. The van der Waals surface area contributed by atoms with Gasteiger partial charge in [-0.3, -0.25) is 4.79 Å². The smallest absolute Gasteiger partial charge is 0.227 e. The Balaban J connectivity index is 2.26. The fourth-order valence-corrected chi connectivity index (χ4v) is 2.97. The van der Waals surface area contributed by atoms with E-state index in [-0.39, 0.29) is 11.3 Å². The van der Waals surface area contributed by atoms with E-state index in [9.17, 15) is 4.79 Å². The summed E-state index contributed by atoms with van der Waals surface area (Å²) < 4.78 is 0. The zero-order valence-corrected chi connectivity index (χ0v) is 13.0. The first-order chi connectivity index (χ1) is 9.51. The molecule has 1 aromatic heterocycles. The molecule has 0 bridgehead atoms. The summed E-state index contributed by atoms with van der Waals surface area (Å²) in [6, 6.07) is 0. The average Bonchev–Trinajstić information content (AvgIpc) is 2.84. The average molecular weight is 297 g/mol. The van der Waals surface area contributed by atoms with Gasteiger partial charge < -0.3 is 10.2 Å². The van der Waals surface area contributed by atoms with Crippen LogP contribution in [0.1, 0.15) is 32.3 Å². The molecule has 1 unspecified atom stereocenters. The highest BCUT2D eigenvalue weighted by molar-refractivity contribution is 6.30. The van der Waals surface area contributed by atoms with Crippen molar-refractivity contribution in [3.8, 4) is 0 Å². The molecule has 1 aliphatic heterocycles. The summed E-state index contributed by atoms with van der Waals surface area (Å²) in [6.07, 6.45) is 4.15. The number of aromatic nitrogens is 2. The monoisotopic (exact) mass is 296 g/mol. The van der Waals surface area contributed by atoms with Crippen molar-refractivity contribution in [2.24, 2.45) is 5.41 Å². The molecule has 1 amide bonds. The fraction of sp³-hybridized carbons (Fsp3) is 0.643. The van der Waals surface area contributed by atoms with E-state index in [1.807, 2.05) is 6.92 Å². The molecule has 0 saturated carbocycles. The summed E-state index contributed by atoms with van der Waals surface area (Å²) in [5.74, 6) is 0.955. The van der Waals surface area contributed by atoms with Crippen LogP contribution in [0.3, 0.4) is 0 Å². The highest BCUT2D eigenvalue weighted by Gasteiger charge is 2.40. The van der Waals surface area contributed by atoms with Gasteiger partial charge in [0.2, 0.25) is 5.91 Å². The van der Waals surface area contributed by atoms with E-state index in [0.717, 1.165) is 37.2 Å². The first kappa shape index (κ1) is 15.0. The number of anilines is 1. The Morgan fingerprint density at radius 1 is 1.55 bits per heavy atom. The third kappa shape index (κ3) is 2.73. The Labute approximate surface area is 124 Å². The molecule has 1 N–H and O–H groups in total. The lowest BCUT2D eigenvalue weighted by molar-refractivity contribution is -0.128. The van der Waals surface area contributed by atoms with E-state index < -0.39 is 0 Å². The van der Waals surface area contributed by atoms with Crippen molar-refractivity contribution >= 4 is 23.3 Å². The molecule has 2 heterocycles. The SMILES string of the molecule is CCCc1c(Cl)ncnc1N1CCC(C)(C(=O)NC)C1. The number of amides is 1. The van der Waals surface area contributed by atoms with Crippen LogP contribution >= 0.6 is 11.6 Å². The Morgan fingerprint density at radius 2 is 2.30 bits per heavy atom. The maximum absolute atomic E-state index is 12.0. The minimum absolute atomic E-state index is 0.0807. The van der Waals surface area contributed by atoms with E-state index in [1.54, 1.807) is 7.05 Å². The van der Waals surface area contributed by atoms with Crippen LogP contribution in [0.25, 0.3) is 0 Å². The minimum Gasteiger partial charge on any atom is -0.359 e. The molecule has 110 valence electrons. The predicted octanol–water partition coefficient (Wildman–Crippen LogP) is 2.04. The maximum atomic E-state index is 12.0. The first-order valence-corrected chi connectivity index (χ1v) is 7.36. The number of nitrogens with zero attached hydrogens (tertiary/aromatic N) is 3. The molecule has 20 heavy (non-hydrogen) atoms. The zero-order valence-electron chi connectivity index (χ0n) is 12.2. The fourth-order valence-electron chi connectivity index (χ4n) is 2.75. The van der Waals surface area contributed by atoms with Crippen LogP contribution in [0.5, 0.6) is 0 Å². The van der Waals surface area contributed by atoms with Gasteiger partial charge in [-0.2, -0.15) is 0 Å². The minimum atomic E-state index is -0.365. The van der Waals surface area contributed by atoms with Gasteiger partial charge in [0.25, 0.3) is 0 Å². The molecule has 5 nitrogen and oxygen atoms in total. The van der Waals surface area contributed by atoms with Crippen LogP contribution in [-0.4, -0.2) is 36.0 Å². The summed E-state index contributed by atoms with van der Waals surface area (Å²) in [7, 11) is 1.68. The number of hydrogen-bond donors (Lipinski definition) is 1. The van der Waals surface area contributed by atoms with Gasteiger partial charge in [0.05, 0.1) is 5.41 Å². The third-order valence-corrected chi connectivity index (χ3v) is 4.24. The van der Waals surface area contributed by atoms with E-state index in [1.165, 1.54) is 6.33 Å². The summed E-state index contributed by atoms with van der Waals surface area (Å²) in [5.41, 5.74) is 0.619. The highest BCUT2D eigenvalue weighted by Crippen LogP contribution is 2.35. The molecule has 1 fully saturated rings. The standard InChI is InChI=1S/C14H21ClN4O/c1-4-5-10-11(15)17-9-18-12(10)19-7-6-14(2,8-19)13(20)16-3/h9H,4-8H2,1-3H3,(H,16,20). The van der Waals surface area contributed by atoms with Gasteiger partial charge in [-0.1, -0.05) is 24.9 Å². The summed E-state index contributed by atoms with van der Waals surface area (Å²) in [6.45, 7) is 5.57. The van der Waals surface area contributed by atoms with Crippen LogP contribution in [0.2, 0.25) is 5.15 Å². The highest BCUT2D eigenvalue weighted by atomic mass is 35.5. The Hall–Kier alpha value is -1.36. The van der Waals surface area contributed by atoms with E-state index in [4.69, 9.17) is 11.6 Å². The van der Waals surface area contributed by atoms with Crippen molar-refractivity contribution in [3.05, 3.63) is 17.0 Å². The van der Waals surface area contributed by atoms with Crippen molar-refractivity contribution in [1.82, 2.24) is 15.3 Å². The predicted molar refractivity (Wildman–Crippen MR) is 80.0 cm³/mol. The van der Waals surface area contributed by atoms with Crippen LogP contribution < -0.4 is 10.2 Å². The number of rotatable bonds is 4. The molecule has 1 aliphatic rings. The van der Waals surface area contributed by atoms with Crippen LogP contribution in [0.15, 0.2) is 6.33 Å². The second-order valence-corrected chi connectivity index (χ2v) is 5.89. The van der Waals surface area contributed by atoms with E-state index >= 15 is 0 Å². The lowest BCUT2D eigenvalue weighted by Crippen LogP contribution is -2.39. The van der Waals surface area contributed by atoms with Gasteiger partial charge in [0.15, 0.2) is 0 Å². The van der Waals surface area contributed by atoms with E-state index in [0.29, 0.717) is 11.7 Å². The Morgan fingerprint density at radius 3 is 2.95 bits per heavy atom. The Bertz CT molecular complexity index is 508. The van der Waals surface area contributed by atoms with Crippen molar-refractivity contribution in [2.45, 2.75) is 33.1 Å². The summed E-state index contributed by atoms with van der Waals surface area (Å²) in [4.78, 5) is 22.6. The lowest BCUT2D eigenvalue weighted by atomic mass is 9.89. The van der Waals surface area contributed by atoms with Gasteiger partial charge in [-0.15, -0.1) is 0 Å². The number of carbonyl (C=O) groups is 1. The van der Waals surface area contributed by atoms with Gasteiger partial charge in [0, 0.05) is 25.7 Å². The number of carbonyl (C=O) groups excluding carboxylic acids is 1. The van der Waals surface area contributed by atoms with Gasteiger partial charge in [-0.25, -0.2) is 9.97 Å². The lowest BCUT2D eigenvalue weighted by Gasteiger charge is -2.24. The molecule has 0 spiro atoms. The van der Waals surface area contributed by atoms with Crippen LogP contribution in [-0.2, 0) is 11.2 Å². The van der Waals surface area contributed by atoms with Crippen LogP contribution in [0, 0.1) is 5.41 Å². The molecule has 2 rings (SSSR count). The molecular formula is C14H21ClN4O. The Kier molecular flexibility index (Phi) is 4.48. The van der Waals surface area contributed by atoms with E-state index in [2.05, 4.69) is 27.1 Å². The van der Waals surface area contributed by atoms with Gasteiger partial charge in [-0.05, 0) is 19.8 Å². The molecule has 1 saturated heterocycles. The second-order valence-electron chi connectivity index (χ2n) is 5.53. The van der Waals surface area contributed by atoms with Crippen molar-refractivity contribution in [1.29, 1.82) is 0 Å².